The van der Waals surface area contributed by atoms with Gasteiger partial charge in [0.2, 0.25) is 0 Å². The first-order chi connectivity index (χ1) is 7.24. The number of ether oxygens (including phenoxy) is 1. The molecule has 0 aliphatic heterocycles. The average molecular weight is 294 g/mol. The Kier molecular flexibility index (Phi) is 6.43. The predicted octanol–water partition coefficient (Wildman–Crippen LogP) is 1.92. The lowest BCUT2D eigenvalue weighted by Gasteiger charge is -2.03. The number of hydrogen-bond donors (Lipinski definition) is 2. The Morgan fingerprint density at radius 3 is 2.93 bits per heavy atom. The summed E-state index contributed by atoms with van der Waals surface area (Å²) in [5.74, 6) is 0. The van der Waals surface area contributed by atoms with Crippen molar-refractivity contribution in [2.75, 3.05) is 26.4 Å². The van der Waals surface area contributed by atoms with Crippen LogP contribution < -0.4 is 5.32 Å². The molecule has 1 aromatic heterocycles. The van der Waals surface area contributed by atoms with Gasteiger partial charge in [-0.2, -0.15) is 0 Å². The molecule has 1 rings (SSSR count). The quantitative estimate of drug-likeness (QED) is 0.755. The standard InChI is InChI=1S/C10H16BrNO2S/c1-8-10(11)6-9(15-8)7-12-2-4-14-5-3-13/h6,12-13H,2-5,7H2,1H3. The van der Waals surface area contributed by atoms with E-state index in [-0.39, 0.29) is 6.61 Å². The van der Waals surface area contributed by atoms with Gasteiger partial charge in [-0.05, 0) is 28.9 Å². The first-order valence-electron chi connectivity index (χ1n) is 4.88. The van der Waals surface area contributed by atoms with Crippen LogP contribution in [0.2, 0.25) is 0 Å². The van der Waals surface area contributed by atoms with Crippen molar-refractivity contribution in [1.29, 1.82) is 0 Å². The summed E-state index contributed by atoms with van der Waals surface area (Å²) in [4.78, 5) is 2.63. The topological polar surface area (TPSA) is 41.5 Å². The molecule has 0 unspecified atom stereocenters. The number of nitrogens with one attached hydrogen (secondary N) is 1. The van der Waals surface area contributed by atoms with Gasteiger partial charge in [-0.3, -0.25) is 0 Å². The van der Waals surface area contributed by atoms with Crippen molar-refractivity contribution in [2.45, 2.75) is 13.5 Å². The SMILES string of the molecule is Cc1sc(CNCCOCCO)cc1Br. The van der Waals surface area contributed by atoms with Crippen LogP contribution in [-0.2, 0) is 11.3 Å². The molecular formula is C10H16BrNO2S. The van der Waals surface area contributed by atoms with Gasteiger partial charge >= 0.3 is 0 Å². The Morgan fingerprint density at radius 2 is 2.33 bits per heavy atom. The predicted molar refractivity (Wildman–Crippen MR) is 66.4 cm³/mol. The number of aryl methyl sites for hydroxylation is 1. The highest BCUT2D eigenvalue weighted by Gasteiger charge is 2.01. The van der Waals surface area contributed by atoms with Gasteiger partial charge in [0.15, 0.2) is 0 Å². The van der Waals surface area contributed by atoms with Crippen molar-refractivity contribution >= 4 is 27.3 Å². The van der Waals surface area contributed by atoms with Gasteiger partial charge < -0.3 is 15.2 Å². The van der Waals surface area contributed by atoms with Crippen molar-refractivity contribution in [1.82, 2.24) is 5.32 Å². The zero-order valence-electron chi connectivity index (χ0n) is 8.75. The van der Waals surface area contributed by atoms with Gasteiger partial charge in [-0.15, -0.1) is 11.3 Å². The maximum Gasteiger partial charge on any atom is 0.0698 e. The van der Waals surface area contributed by atoms with Crippen molar-refractivity contribution in [3.8, 4) is 0 Å². The summed E-state index contributed by atoms with van der Waals surface area (Å²) >= 11 is 5.28. The van der Waals surface area contributed by atoms with Crippen molar-refractivity contribution in [3.63, 3.8) is 0 Å². The summed E-state index contributed by atoms with van der Waals surface area (Å²) in [5.41, 5.74) is 0. The third-order valence-corrected chi connectivity index (χ3v) is 4.00. The Morgan fingerprint density at radius 1 is 1.53 bits per heavy atom. The Balaban J connectivity index is 2.10. The smallest absolute Gasteiger partial charge is 0.0698 e. The molecule has 0 bridgehead atoms. The van der Waals surface area contributed by atoms with Crippen LogP contribution in [-0.4, -0.2) is 31.5 Å². The van der Waals surface area contributed by atoms with E-state index >= 15 is 0 Å². The zero-order valence-corrected chi connectivity index (χ0v) is 11.2. The molecule has 0 saturated carbocycles. The maximum atomic E-state index is 8.49. The average Bonchev–Trinajstić information content (AvgIpc) is 2.52. The fourth-order valence-corrected chi connectivity index (χ4v) is 2.70. The van der Waals surface area contributed by atoms with Gasteiger partial charge in [-0.1, -0.05) is 0 Å². The number of aliphatic hydroxyl groups is 1. The van der Waals surface area contributed by atoms with Gasteiger partial charge in [-0.25, -0.2) is 0 Å². The molecule has 0 aliphatic rings. The monoisotopic (exact) mass is 293 g/mol. The Labute approximate surface area is 103 Å². The van der Waals surface area contributed by atoms with E-state index < -0.39 is 0 Å². The number of rotatable bonds is 7. The van der Waals surface area contributed by atoms with Crippen LogP contribution in [0.5, 0.6) is 0 Å². The molecule has 0 aromatic carbocycles. The summed E-state index contributed by atoms with van der Waals surface area (Å²) in [6.07, 6.45) is 0. The molecule has 1 heterocycles. The highest BCUT2D eigenvalue weighted by Crippen LogP contribution is 2.25. The van der Waals surface area contributed by atoms with Crippen LogP contribution in [0.3, 0.4) is 0 Å². The fourth-order valence-electron chi connectivity index (χ4n) is 1.13. The molecule has 0 spiro atoms. The first kappa shape index (κ1) is 13.1. The maximum absolute atomic E-state index is 8.49. The lowest BCUT2D eigenvalue weighted by molar-refractivity contribution is 0.0938. The van der Waals surface area contributed by atoms with Gasteiger partial charge in [0.05, 0.1) is 19.8 Å². The Hall–Kier alpha value is 0.0600. The summed E-state index contributed by atoms with van der Waals surface area (Å²) in [6.45, 7) is 4.95. The fraction of sp³-hybridized carbons (Fsp3) is 0.600. The van der Waals surface area contributed by atoms with E-state index in [1.54, 1.807) is 11.3 Å². The van der Waals surface area contributed by atoms with Crippen LogP contribution in [0.1, 0.15) is 9.75 Å². The number of hydrogen-bond acceptors (Lipinski definition) is 4. The minimum absolute atomic E-state index is 0.0943. The lowest BCUT2D eigenvalue weighted by Crippen LogP contribution is -2.19. The number of aliphatic hydroxyl groups excluding tert-OH is 1. The van der Waals surface area contributed by atoms with E-state index in [0.29, 0.717) is 13.2 Å². The normalized spacial score (nSPS) is 10.9. The molecule has 0 radical (unpaired) electrons. The van der Waals surface area contributed by atoms with Crippen LogP contribution in [0.4, 0.5) is 0 Å². The molecule has 0 fully saturated rings. The van der Waals surface area contributed by atoms with Gasteiger partial charge in [0.25, 0.3) is 0 Å². The van der Waals surface area contributed by atoms with Crippen molar-refractivity contribution in [3.05, 3.63) is 20.3 Å². The molecule has 1 aromatic rings. The first-order valence-corrected chi connectivity index (χ1v) is 6.49. The molecule has 3 nitrogen and oxygen atoms in total. The third kappa shape index (κ3) is 5.08. The van der Waals surface area contributed by atoms with E-state index in [1.165, 1.54) is 14.2 Å². The molecule has 86 valence electrons. The highest BCUT2D eigenvalue weighted by molar-refractivity contribution is 9.10. The molecule has 5 heteroatoms. The minimum Gasteiger partial charge on any atom is -0.394 e. The van der Waals surface area contributed by atoms with E-state index in [0.717, 1.165) is 13.1 Å². The number of thiophene rings is 1. The second-order valence-corrected chi connectivity index (χ2v) is 5.32. The van der Waals surface area contributed by atoms with Crippen LogP contribution in [0, 0.1) is 6.92 Å². The van der Waals surface area contributed by atoms with E-state index in [1.807, 2.05) is 0 Å². The summed E-state index contributed by atoms with van der Waals surface area (Å²) in [6, 6.07) is 2.14. The molecule has 0 amide bonds. The third-order valence-electron chi connectivity index (χ3n) is 1.87. The Bertz CT molecular complexity index is 271. The number of halogens is 1. The molecule has 2 N–H and O–H groups in total. The van der Waals surface area contributed by atoms with Crippen LogP contribution in [0.15, 0.2) is 10.5 Å². The van der Waals surface area contributed by atoms with Crippen molar-refractivity contribution < 1.29 is 9.84 Å². The molecular weight excluding hydrogens is 278 g/mol. The van der Waals surface area contributed by atoms with Crippen molar-refractivity contribution in [2.24, 2.45) is 0 Å². The second kappa shape index (κ2) is 7.35. The zero-order chi connectivity index (χ0) is 11.1. The summed E-state index contributed by atoms with van der Waals surface area (Å²) in [5, 5.41) is 11.8. The van der Waals surface area contributed by atoms with Crippen LogP contribution in [0.25, 0.3) is 0 Å². The van der Waals surface area contributed by atoms with Gasteiger partial charge in [0.1, 0.15) is 0 Å². The van der Waals surface area contributed by atoms with Crippen LogP contribution >= 0.6 is 27.3 Å². The molecule has 0 atom stereocenters. The summed E-state index contributed by atoms with van der Waals surface area (Å²) in [7, 11) is 0. The lowest BCUT2D eigenvalue weighted by atomic mass is 10.4. The van der Waals surface area contributed by atoms with E-state index in [4.69, 9.17) is 9.84 Å². The summed E-state index contributed by atoms with van der Waals surface area (Å²) < 4.78 is 6.31. The molecule has 15 heavy (non-hydrogen) atoms. The molecule has 0 aliphatic carbocycles. The van der Waals surface area contributed by atoms with Gasteiger partial charge in [0, 0.05) is 27.3 Å². The molecule has 0 saturated heterocycles. The second-order valence-electron chi connectivity index (χ2n) is 3.13. The minimum atomic E-state index is 0.0943. The van der Waals surface area contributed by atoms with E-state index in [2.05, 4.69) is 34.2 Å². The van der Waals surface area contributed by atoms with E-state index in [9.17, 15) is 0 Å². The largest absolute Gasteiger partial charge is 0.394 e. The highest BCUT2D eigenvalue weighted by atomic mass is 79.9.